The van der Waals surface area contributed by atoms with E-state index in [4.69, 9.17) is 4.74 Å². The topological polar surface area (TPSA) is 26.3 Å². The lowest BCUT2D eigenvalue weighted by Crippen LogP contribution is -2.04. The van der Waals surface area contributed by atoms with Crippen LogP contribution in [-0.2, 0) is 0 Å². The highest BCUT2D eigenvalue weighted by Crippen LogP contribution is 2.30. The Kier molecular flexibility index (Phi) is 5.32. The smallest absolute Gasteiger partial charge is 0.167 e. The largest absolute Gasteiger partial charge is 0.492 e. The van der Waals surface area contributed by atoms with E-state index in [0.717, 1.165) is 4.47 Å². The van der Waals surface area contributed by atoms with Crippen LogP contribution < -0.4 is 4.74 Å². The van der Waals surface area contributed by atoms with Crippen molar-refractivity contribution >= 4 is 37.6 Å². The van der Waals surface area contributed by atoms with Crippen LogP contribution in [0.3, 0.4) is 0 Å². The number of halogens is 2. The maximum atomic E-state index is 11.8. The SMILES string of the molecule is CCOc1c(Br)cccc1C(=O)CCBr. The minimum atomic E-state index is 0.0941. The molecular weight excluding hydrogens is 324 g/mol. The lowest BCUT2D eigenvalue weighted by atomic mass is 10.1. The van der Waals surface area contributed by atoms with E-state index >= 15 is 0 Å². The van der Waals surface area contributed by atoms with E-state index in [1.165, 1.54) is 0 Å². The zero-order valence-electron chi connectivity index (χ0n) is 8.43. The molecule has 0 atom stereocenters. The first kappa shape index (κ1) is 12.7. The molecule has 4 heteroatoms. The van der Waals surface area contributed by atoms with Crippen LogP contribution in [0.5, 0.6) is 5.75 Å². The van der Waals surface area contributed by atoms with Gasteiger partial charge < -0.3 is 4.74 Å². The van der Waals surface area contributed by atoms with Crippen LogP contribution in [0.15, 0.2) is 22.7 Å². The predicted octanol–water partition coefficient (Wildman–Crippen LogP) is 3.82. The maximum Gasteiger partial charge on any atom is 0.167 e. The molecule has 0 radical (unpaired) electrons. The molecule has 0 saturated carbocycles. The zero-order valence-corrected chi connectivity index (χ0v) is 11.6. The van der Waals surface area contributed by atoms with E-state index in [-0.39, 0.29) is 5.78 Å². The standard InChI is InChI=1S/C11H12Br2O2/c1-2-15-11-8(10(14)6-7-12)4-3-5-9(11)13/h3-5H,2,6-7H2,1H3. The van der Waals surface area contributed by atoms with E-state index in [0.29, 0.717) is 29.7 Å². The average molecular weight is 336 g/mol. The lowest BCUT2D eigenvalue weighted by Gasteiger charge is -2.10. The second kappa shape index (κ2) is 6.28. The molecule has 0 aliphatic carbocycles. The second-order valence-corrected chi connectivity index (χ2v) is 4.56. The molecule has 15 heavy (non-hydrogen) atoms. The molecule has 0 aromatic heterocycles. The summed E-state index contributed by atoms with van der Waals surface area (Å²) in [5.41, 5.74) is 0.644. The van der Waals surface area contributed by atoms with Gasteiger partial charge in [0.1, 0.15) is 5.75 Å². The monoisotopic (exact) mass is 334 g/mol. The number of ketones is 1. The Morgan fingerprint density at radius 1 is 1.47 bits per heavy atom. The van der Waals surface area contributed by atoms with Crippen LogP contribution >= 0.6 is 31.9 Å². The van der Waals surface area contributed by atoms with Crippen LogP contribution in [0, 0.1) is 0 Å². The number of para-hydroxylation sites is 1. The minimum Gasteiger partial charge on any atom is -0.492 e. The van der Waals surface area contributed by atoms with E-state index in [1.807, 2.05) is 19.1 Å². The Morgan fingerprint density at radius 2 is 2.20 bits per heavy atom. The molecule has 0 heterocycles. The van der Waals surface area contributed by atoms with Gasteiger partial charge in [-0.3, -0.25) is 4.79 Å². The van der Waals surface area contributed by atoms with Crippen molar-refractivity contribution in [2.24, 2.45) is 0 Å². The van der Waals surface area contributed by atoms with Crippen molar-refractivity contribution in [2.45, 2.75) is 13.3 Å². The second-order valence-electron chi connectivity index (χ2n) is 2.91. The van der Waals surface area contributed by atoms with Gasteiger partial charge in [-0.05, 0) is 35.0 Å². The van der Waals surface area contributed by atoms with Crippen LogP contribution in [0.4, 0.5) is 0 Å². The first-order valence-electron chi connectivity index (χ1n) is 4.71. The number of Topliss-reactive ketones (excluding diaryl/α,β-unsaturated/α-hetero) is 1. The summed E-state index contributed by atoms with van der Waals surface area (Å²) in [5, 5.41) is 0.671. The number of rotatable bonds is 5. The molecule has 82 valence electrons. The molecule has 0 fully saturated rings. The van der Waals surface area contributed by atoms with Crippen molar-refractivity contribution in [3.63, 3.8) is 0 Å². The van der Waals surface area contributed by atoms with E-state index in [1.54, 1.807) is 6.07 Å². The van der Waals surface area contributed by atoms with Gasteiger partial charge in [-0.1, -0.05) is 22.0 Å². The number of carbonyl (C=O) groups is 1. The van der Waals surface area contributed by atoms with Crippen molar-refractivity contribution in [3.05, 3.63) is 28.2 Å². The summed E-state index contributed by atoms with van der Waals surface area (Å²) >= 11 is 6.63. The number of alkyl halides is 1. The normalized spacial score (nSPS) is 10.1. The lowest BCUT2D eigenvalue weighted by molar-refractivity contribution is 0.0986. The van der Waals surface area contributed by atoms with Crippen molar-refractivity contribution in [1.82, 2.24) is 0 Å². The molecule has 0 aliphatic rings. The maximum absolute atomic E-state index is 11.8. The molecule has 0 unspecified atom stereocenters. The highest BCUT2D eigenvalue weighted by atomic mass is 79.9. The summed E-state index contributed by atoms with van der Waals surface area (Å²) in [6, 6.07) is 5.50. The molecule has 0 saturated heterocycles. The summed E-state index contributed by atoms with van der Waals surface area (Å²) in [6.07, 6.45) is 0.483. The third-order valence-electron chi connectivity index (χ3n) is 1.88. The Balaban J connectivity index is 3.04. The molecule has 0 aliphatic heterocycles. The summed E-state index contributed by atoms with van der Waals surface area (Å²) < 4.78 is 6.28. The Labute approximate surface area is 106 Å². The highest BCUT2D eigenvalue weighted by molar-refractivity contribution is 9.10. The van der Waals surface area contributed by atoms with Gasteiger partial charge in [0, 0.05) is 11.8 Å². The molecule has 0 spiro atoms. The molecule has 2 nitrogen and oxygen atoms in total. The fraction of sp³-hybridized carbons (Fsp3) is 0.364. The van der Waals surface area contributed by atoms with Gasteiger partial charge in [0.05, 0.1) is 16.6 Å². The number of carbonyl (C=O) groups excluding carboxylic acids is 1. The van der Waals surface area contributed by atoms with Crippen LogP contribution in [0.25, 0.3) is 0 Å². The van der Waals surface area contributed by atoms with E-state index in [2.05, 4.69) is 31.9 Å². The highest BCUT2D eigenvalue weighted by Gasteiger charge is 2.13. The van der Waals surface area contributed by atoms with Gasteiger partial charge in [0.25, 0.3) is 0 Å². The molecule has 0 bridgehead atoms. The third kappa shape index (κ3) is 3.31. The summed E-state index contributed by atoms with van der Waals surface area (Å²) in [5.74, 6) is 0.738. The van der Waals surface area contributed by atoms with Gasteiger partial charge in [0.15, 0.2) is 5.78 Å². The van der Waals surface area contributed by atoms with Gasteiger partial charge in [-0.25, -0.2) is 0 Å². The molecule has 1 rings (SSSR count). The molecule has 1 aromatic rings. The molecule has 0 amide bonds. The van der Waals surface area contributed by atoms with E-state index in [9.17, 15) is 4.79 Å². The fourth-order valence-electron chi connectivity index (χ4n) is 1.24. The number of hydrogen-bond donors (Lipinski definition) is 0. The molecule has 0 N–H and O–H groups in total. The minimum absolute atomic E-state index is 0.0941. The number of hydrogen-bond acceptors (Lipinski definition) is 2. The van der Waals surface area contributed by atoms with Crippen LogP contribution in [-0.4, -0.2) is 17.7 Å². The first-order chi connectivity index (χ1) is 7.20. The third-order valence-corrected chi connectivity index (χ3v) is 2.90. The first-order valence-corrected chi connectivity index (χ1v) is 6.62. The molecule has 1 aromatic carbocycles. The zero-order chi connectivity index (χ0) is 11.3. The summed E-state index contributed by atoms with van der Waals surface area (Å²) in [4.78, 5) is 11.8. The predicted molar refractivity (Wildman–Crippen MR) is 68.1 cm³/mol. The van der Waals surface area contributed by atoms with Gasteiger partial charge >= 0.3 is 0 Å². The van der Waals surface area contributed by atoms with Gasteiger partial charge in [-0.2, -0.15) is 0 Å². The van der Waals surface area contributed by atoms with Crippen molar-refractivity contribution < 1.29 is 9.53 Å². The van der Waals surface area contributed by atoms with E-state index < -0.39 is 0 Å². The summed E-state index contributed by atoms with van der Waals surface area (Å²) in [6.45, 7) is 2.45. The van der Waals surface area contributed by atoms with Crippen LogP contribution in [0.2, 0.25) is 0 Å². The van der Waals surface area contributed by atoms with Gasteiger partial charge in [0.2, 0.25) is 0 Å². The Bertz CT molecular complexity index is 350. The van der Waals surface area contributed by atoms with Crippen molar-refractivity contribution in [1.29, 1.82) is 0 Å². The average Bonchev–Trinajstić information content (AvgIpc) is 2.21. The van der Waals surface area contributed by atoms with Crippen molar-refractivity contribution in [2.75, 3.05) is 11.9 Å². The molecular formula is C11H12Br2O2. The quantitative estimate of drug-likeness (QED) is 0.604. The number of ether oxygens (including phenoxy) is 1. The Hall–Kier alpha value is -0.350. The number of benzene rings is 1. The van der Waals surface area contributed by atoms with Crippen LogP contribution in [0.1, 0.15) is 23.7 Å². The Morgan fingerprint density at radius 3 is 2.80 bits per heavy atom. The fourth-order valence-corrected chi connectivity index (χ4v) is 2.08. The van der Waals surface area contributed by atoms with Crippen molar-refractivity contribution in [3.8, 4) is 5.75 Å². The summed E-state index contributed by atoms with van der Waals surface area (Å²) in [7, 11) is 0. The van der Waals surface area contributed by atoms with Gasteiger partial charge in [-0.15, -0.1) is 0 Å².